The van der Waals surface area contributed by atoms with Gasteiger partial charge < -0.3 is 15.0 Å². The monoisotopic (exact) mass is 252 g/mol. The highest BCUT2D eigenvalue weighted by molar-refractivity contribution is 4.91. The van der Waals surface area contributed by atoms with E-state index in [-0.39, 0.29) is 0 Å². The van der Waals surface area contributed by atoms with Crippen LogP contribution in [-0.2, 0) is 4.74 Å². The molecule has 0 amide bonds. The summed E-state index contributed by atoms with van der Waals surface area (Å²) in [7, 11) is 0. The van der Waals surface area contributed by atoms with E-state index in [9.17, 15) is 0 Å². The van der Waals surface area contributed by atoms with E-state index in [0.717, 1.165) is 19.3 Å². The first-order valence-electron chi connectivity index (χ1n) is 7.90. The van der Waals surface area contributed by atoms with Crippen molar-refractivity contribution in [3.05, 3.63) is 0 Å². The largest absolute Gasteiger partial charge is 0.381 e. The molecule has 0 bridgehead atoms. The molecule has 3 nitrogen and oxygen atoms in total. The predicted molar refractivity (Wildman–Crippen MR) is 73.8 cm³/mol. The Labute approximate surface area is 111 Å². The van der Waals surface area contributed by atoms with Gasteiger partial charge in [0.2, 0.25) is 0 Å². The van der Waals surface area contributed by atoms with Gasteiger partial charge >= 0.3 is 0 Å². The smallest absolute Gasteiger partial charge is 0.0472 e. The van der Waals surface area contributed by atoms with Gasteiger partial charge in [0.1, 0.15) is 0 Å². The first-order valence-corrected chi connectivity index (χ1v) is 7.90. The first kappa shape index (κ1) is 12.9. The molecule has 2 heterocycles. The molecule has 18 heavy (non-hydrogen) atoms. The lowest BCUT2D eigenvalue weighted by Gasteiger charge is -2.42. The number of likely N-dealkylation sites (tertiary alicyclic amines) is 1. The van der Waals surface area contributed by atoms with Gasteiger partial charge in [0, 0.05) is 32.3 Å². The van der Waals surface area contributed by atoms with Crippen LogP contribution in [0.4, 0.5) is 0 Å². The molecule has 2 saturated heterocycles. The number of ether oxygens (including phenoxy) is 1. The molecule has 0 radical (unpaired) electrons. The zero-order chi connectivity index (χ0) is 12.3. The number of piperidine rings is 1. The van der Waals surface area contributed by atoms with E-state index in [1.165, 1.54) is 71.1 Å². The standard InChI is InChI=1S/C15H28N2O/c1-2-8-17(9-3-1)13-15(6-10-18-11-7-15)12-16-14-4-5-14/h14,16H,1-13H2. The van der Waals surface area contributed by atoms with Crippen molar-refractivity contribution in [2.45, 2.75) is 51.0 Å². The van der Waals surface area contributed by atoms with Gasteiger partial charge in [-0.2, -0.15) is 0 Å². The van der Waals surface area contributed by atoms with E-state index in [2.05, 4.69) is 10.2 Å². The van der Waals surface area contributed by atoms with Crippen LogP contribution >= 0.6 is 0 Å². The van der Waals surface area contributed by atoms with Crippen molar-refractivity contribution in [3.8, 4) is 0 Å². The third-order valence-electron chi connectivity index (χ3n) is 4.90. The molecule has 1 saturated carbocycles. The van der Waals surface area contributed by atoms with Crippen LogP contribution in [0.3, 0.4) is 0 Å². The predicted octanol–water partition coefficient (Wildman–Crippen LogP) is 2.02. The maximum Gasteiger partial charge on any atom is 0.0472 e. The van der Waals surface area contributed by atoms with Gasteiger partial charge in [0.15, 0.2) is 0 Å². The molecule has 104 valence electrons. The van der Waals surface area contributed by atoms with E-state index in [1.807, 2.05) is 0 Å². The Morgan fingerprint density at radius 1 is 1.06 bits per heavy atom. The highest BCUT2D eigenvalue weighted by Crippen LogP contribution is 2.33. The molecule has 1 N–H and O–H groups in total. The molecule has 0 aromatic rings. The lowest BCUT2D eigenvalue weighted by molar-refractivity contribution is -0.00731. The van der Waals surface area contributed by atoms with Gasteiger partial charge in [-0.05, 0) is 57.0 Å². The molecule has 0 unspecified atom stereocenters. The molecule has 3 heteroatoms. The van der Waals surface area contributed by atoms with Crippen molar-refractivity contribution < 1.29 is 4.74 Å². The first-order chi connectivity index (χ1) is 8.86. The van der Waals surface area contributed by atoms with Crippen molar-refractivity contribution in [1.82, 2.24) is 10.2 Å². The molecule has 0 aromatic carbocycles. The fraction of sp³-hybridized carbons (Fsp3) is 1.00. The lowest BCUT2D eigenvalue weighted by atomic mass is 9.79. The quantitative estimate of drug-likeness (QED) is 0.810. The van der Waals surface area contributed by atoms with Crippen LogP contribution in [-0.4, -0.2) is 50.3 Å². The number of nitrogens with one attached hydrogen (secondary N) is 1. The van der Waals surface area contributed by atoms with Crippen molar-refractivity contribution in [1.29, 1.82) is 0 Å². The van der Waals surface area contributed by atoms with E-state index in [0.29, 0.717) is 5.41 Å². The molecule has 0 aromatic heterocycles. The molecular formula is C15H28N2O. The van der Waals surface area contributed by atoms with Crippen molar-refractivity contribution in [2.75, 3.05) is 39.4 Å². The minimum Gasteiger partial charge on any atom is -0.381 e. The summed E-state index contributed by atoms with van der Waals surface area (Å²) >= 11 is 0. The zero-order valence-electron chi connectivity index (χ0n) is 11.6. The summed E-state index contributed by atoms with van der Waals surface area (Å²) in [6, 6.07) is 0.839. The Hall–Kier alpha value is -0.120. The van der Waals surface area contributed by atoms with Crippen molar-refractivity contribution in [2.24, 2.45) is 5.41 Å². The zero-order valence-corrected chi connectivity index (χ0v) is 11.6. The van der Waals surface area contributed by atoms with E-state index < -0.39 is 0 Å². The molecule has 2 aliphatic heterocycles. The molecular weight excluding hydrogens is 224 g/mol. The van der Waals surface area contributed by atoms with Crippen LogP contribution in [0.15, 0.2) is 0 Å². The van der Waals surface area contributed by atoms with Crippen LogP contribution < -0.4 is 5.32 Å². The average Bonchev–Trinajstić information content (AvgIpc) is 3.23. The summed E-state index contributed by atoms with van der Waals surface area (Å²) in [6.45, 7) is 7.12. The van der Waals surface area contributed by atoms with Crippen LogP contribution in [0.2, 0.25) is 0 Å². The van der Waals surface area contributed by atoms with E-state index in [4.69, 9.17) is 4.74 Å². The van der Waals surface area contributed by atoms with Crippen molar-refractivity contribution >= 4 is 0 Å². The molecule has 3 rings (SSSR count). The van der Waals surface area contributed by atoms with Crippen LogP contribution in [0.5, 0.6) is 0 Å². The summed E-state index contributed by atoms with van der Waals surface area (Å²) in [4.78, 5) is 2.71. The number of nitrogens with zero attached hydrogens (tertiary/aromatic N) is 1. The third-order valence-corrected chi connectivity index (χ3v) is 4.90. The Kier molecular flexibility index (Phi) is 4.22. The highest BCUT2D eigenvalue weighted by Gasteiger charge is 2.36. The van der Waals surface area contributed by atoms with Gasteiger partial charge in [-0.15, -0.1) is 0 Å². The normalized spacial score (nSPS) is 29.3. The molecule has 0 spiro atoms. The van der Waals surface area contributed by atoms with Gasteiger partial charge in [0.05, 0.1) is 0 Å². The summed E-state index contributed by atoms with van der Waals surface area (Å²) in [6.07, 6.45) is 9.55. The van der Waals surface area contributed by atoms with Gasteiger partial charge in [-0.25, -0.2) is 0 Å². The average molecular weight is 252 g/mol. The second-order valence-corrected chi connectivity index (χ2v) is 6.60. The second kappa shape index (κ2) is 5.89. The molecule has 3 fully saturated rings. The summed E-state index contributed by atoms with van der Waals surface area (Å²) in [5.41, 5.74) is 0.498. The van der Waals surface area contributed by atoms with E-state index in [1.54, 1.807) is 0 Å². The molecule has 3 aliphatic rings. The van der Waals surface area contributed by atoms with Crippen LogP contribution in [0, 0.1) is 5.41 Å². The van der Waals surface area contributed by atoms with Crippen LogP contribution in [0.25, 0.3) is 0 Å². The summed E-state index contributed by atoms with van der Waals surface area (Å²) in [5.74, 6) is 0. The SMILES string of the molecule is C1CCN(CC2(CNC3CC3)CCOCC2)CC1. The summed E-state index contributed by atoms with van der Waals surface area (Å²) in [5, 5.41) is 3.77. The third kappa shape index (κ3) is 3.46. The number of rotatable bonds is 5. The number of hydrogen-bond donors (Lipinski definition) is 1. The Morgan fingerprint density at radius 3 is 2.44 bits per heavy atom. The topological polar surface area (TPSA) is 24.5 Å². The van der Waals surface area contributed by atoms with Crippen LogP contribution in [0.1, 0.15) is 44.9 Å². The number of hydrogen-bond acceptors (Lipinski definition) is 3. The second-order valence-electron chi connectivity index (χ2n) is 6.60. The van der Waals surface area contributed by atoms with Gasteiger partial charge in [-0.1, -0.05) is 6.42 Å². The van der Waals surface area contributed by atoms with E-state index >= 15 is 0 Å². The minimum atomic E-state index is 0.498. The maximum absolute atomic E-state index is 5.59. The Morgan fingerprint density at radius 2 is 1.78 bits per heavy atom. The summed E-state index contributed by atoms with van der Waals surface area (Å²) < 4.78 is 5.59. The van der Waals surface area contributed by atoms with Gasteiger partial charge in [-0.3, -0.25) is 0 Å². The van der Waals surface area contributed by atoms with Crippen molar-refractivity contribution in [3.63, 3.8) is 0 Å². The van der Waals surface area contributed by atoms with Gasteiger partial charge in [0.25, 0.3) is 0 Å². The Bertz CT molecular complexity index is 253. The lowest BCUT2D eigenvalue weighted by Crippen LogP contribution is -2.48. The molecule has 1 aliphatic carbocycles. The fourth-order valence-electron chi connectivity index (χ4n) is 3.44. The maximum atomic E-state index is 5.59. The molecule has 0 atom stereocenters. The minimum absolute atomic E-state index is 0.498. The fourth-order valence-corrected chi connectivity index (χ4v) is 3.44. The highest BCUT2D eigenvalue weighted by atomic mass is 16.5. The Balaban J connectivity index is 1.55.